The van der Waals surface area contributed by atoms with Crippen LogP contribution in [0.4, 0.5) is 0 Å². The molecule has 0 saturated carbocycles. The molecule has 5 nitrogen and oxygen atoms in total. The van der Waals surface area contributed by atoms with Crippen LogP contribution in [0.15, 0.2) is 48.9 Å². The minimum atomic E-state index is 0.281. The Kier molecular flexibility index (Phi) is 3.94. The number of benzene rings is 1. The highest BCUT2D eigenvalue weighted by atomic mass is 16.5. The van der Waals surface area contributed by atoms with Crippen molar-refractivity contribution >= 4 is 10.9 Å². The molecule has 1 saturated heterocycles. The Morgan fingerprint density at radius 1 is 1.09 bits per heavy atom. The molecule has 0 spiro atoms. The van der Waals surface area contributed by atoms with Gasteiger partial charge in [-0.1, -0.05) is 6.07 Å². The molecule has 0 aliphatic carbocycles. The Labute approximate surface area is 135 Å². The van der Waals surface area contributed by atoms with Gasteiger partial charge in [0.2, 0.25) is 0 Å². The van der Waals surface area contributed by atoms with Crippen LogP contribution < -0.4 is 4.74 Å². The number of ether oxygens (including phenoxy) is 1. The van der Waals surface area contributed by atoms with Crippen molar-refractivity contribution in [1.82, 2.24) is 19.9 Å². The lowest BCUT2D eigenvalue weighted by atomic mass is 10.1. The van der Waals surface area contributed by atoms with Crippen LogP contribution in [0, 0.1) is 0 Å². The minimum absolute atomic E-state index is 0.281. The first-order chi connectivity index (χ1) is 11.4. The maximum Gasteiger partial charge on any atom is 0.142 e. The molecule has 23 heavy (non-hydrogen) atoms. The second-order valence-corrected chi connectivity index (χ2v) is 5.95. The average molecular weight is 308 g/mol. The van der Waals surface area contributed by atoms with Crippen LogP contribution in [0.3, 0.4) is 0 Å². The molecule has 2 aromatic heterocycles. The van der Waals surface area contributed by atoms with E-state index in [-0.39, 0.29) is 6.10 Å². The van der Waals surface area contributed by atoms with Gasteiger partial charge in [-0.25, -0.2) is 9.97 Å². The van der Waals surface area contributed by atoms with Crippen molar-refractivity contribution in [1.29, 1.82) is 0 Å². The van der Waals surface area contributed by atoms with Gasteiger partial charge >= 0.3 is 0 Å². The van der Waals surface area contributed by atoms with Gasteiger partial charge < -0.3 is 9.72 Å². The van der Waals surface area contributed by atoms with E-state index >= 15 is 0 Å². The standard InChI is InChI=1S/C18H20N4O/c1-3-16-15(5-10-19-16)17(4-1)23-14-6-11-22(12-7-14)13-18-20-8-2-9-21-18/h1-5,8-10,14,19H,6-7,11-13H2. The van der Waals surface area contributed by atoms with Crippen LogP contribution in [0.5, 0.6) is 5.75 Å². The van der Waals surface area contributed by atoms with Gasteiger partial charge in [0.15, 0.2) is 0 Å². The summed E-state index contributed by atoms with van der Waals surface area (Å²) in [5.41, 5.74) is 1.13. The van der Waals surface area contributed by atoms with E-state index in [0.717, 1.165) is 55.0 Å². The lowest BCUT2D eigenvalue weighted by Crippen LogP contribution is -2.38. The largest absolute Gasteiger partial charge is 0.490 e. The molecular formula is C18H20N4O. The number of fused-ring (bicyclic) bond motifs is 1. The molecule has 118 valence electrons. The molecule has 0 bridgehead atoms. The Balaban J connectivity index is 1.36. The van der Waals surface area contributed by atoms with Gasteiger partial charge in [0.05, 0.1) is 6.54 Å². The van der Waals surface area contributed by atoms with Crippen molar-refractivity contribution in [2.24, 2.45) is 0 Å². The second kappa shape index (κ2) is 6.38. The maximum atomic E-state index is 6.25. The van der Waals surface area contributed by atoms with Crippen LogP contribution >= 0.6 is 0 Å². The Bertz CT molecular complexity index is 763. The van der Waals surface area contributed by atoms with E-state index in [2.05, 4.69) is 38.1 Å². The first-order valence-corrected chi connectivity index (χ1v) is 8.09. The summed E-state index contributed by atoms with van der Waals surface area (Å²) >= 11 is 0. The smallest absolute Gasteiger partial charge is 0.142 e. The number of nitrogens with one attached hydrogen (secondary N) is 1. The fourth-order valence-corrected chi connectivity index (χ4v) is 3.14. The van der Waals surface area contributed by atoms with E-state index in [4.69, 9.17) is 4.74 Å². The third-order valence-electron chi connectivity index (χ3n) is 4.37. The third kappa shape index (κ3) is 3.19. The minimum Gasteiger partial charge on any atom is -0.490 e. The zero-order chi connectivity index (χ0) is 15.5. The van der Waals surface area contributed by atoms with Gasteiger partial charge in [-0.15, -0.1) is 0 Å². The summed E-state index contributed by atoms with van der Waals surface area (Å²) in [7, 11) is 0. The summed E-state index contributed by atoms with van der Waals surface area (Å²) in [6.45, 7) is 2.86. The van der Waals surface area contributed by atoms with Crippen molar-refractivity contribution in [2.75, 3.05) is 13.1 Å². The quantitative estimate of drug-likeness (QED) is 0.805. The van der Waals surface area contributed by atoms with Crippen molar-refractivity contribution < 1.29 is 4.74 Å². The zero-order valence-corrected chi connectivity index (χ0v) is 13.0. The van der Waals surface area contributed by atoms with E-state index in [9.17, 15) is 0 Å². The second-order valence-electron chi connectivity index (χ2n) is 5.95. The molecular weight excluding hydrogens is 288 g/mol. The number of piperidine rings is 1. The third-order valence-corrected chi connectivity index (χ3v) is 4.37. The molecule has 0 unspecified atom stereocenters. The molecule has 1 N–H and O–H groups in total. The average Bonchev–Trinajstić information content (AvgIpc) is 3.07. The number of likely N-dealkylation sites (tertiary alicyclic amines) is 1. The van der Waals surface area contributed by atoms with E-state index < -0.39 is 0 Å². The number of nitrogens with zero attached hydrogens (tertiary/aromatic N) is 3. The highest BCUT2D eigenvalue weighted by Gasteiger charge is 2.21. The van der Waals surface area contributed by atoms with Crippen LogP contribution in [-0.4, -0.2) is 39.0 Å². The number of aromatic nitrogens is 3. The SMILES string of the molecule is c1cnc(CN2CCC(Oc3cccc4[nH]ccc34)CC2)nc1. The molecule has 3 heterocycles. The summed E-state index contributed by atoms with van der Waals surface area (Å²) in [6.07, 6.45) is 7.91. The highest BCUT2D eigenvalue weighted by Crippen LogP contribution is 2.27. The number of hydrogen-bond donors (Lipinski definition) is 1. The van der Waals surface area contributed by atoms with E-state index in [1.54, 1.807) is 12.4 Å². The lowest BCUT2D eigenvalue weighted by molar-refractivity contribution is 0.0965. The molecule has 0 atom stereocenters. The number of rotatable bonds is 4. The molecule has 0 amide bonds. The van der Waals surface area contributed by atoms with Crippen molar-refractivity contribution in [3.8, 4) is 5.75 Å². The first-order valence-electron chi connectivity index (χ1n) is 8.09. The van der Waals surface area contributed by atoms with Crippen LogP contribution in [0.2, 0.25) is 0 Å². The summed E-state index contributed by atoms with van der Waals surface area (Å²) in [6, 6.07) is 10.1. The van der Waals surface area contributed by atoms with Gasteiger partial charge in [0, 0.05) is 42.6 Å². The Morgan fingerprint density at radius 3 is 2.74 bits per heavy atom. The van der Waals surface area contributed by atoms with E-state index in [1.165, 1.54) is 0 Å². The molecule has 1 aromatic carbocycles. The predicted molar refractivity (Wildman–Crippen MR) is 89.3 cm³/mol. The Morgan fingerprint density at radius 2 is 1.91 bits per heavy atom. The van der Waals surface area contributed by atoms with Gasteiger partial charge in [-0.3, -0.25) is 4.90 Å². The van der Waals surface area contributed by atoms with Gasteiger partial charge in [0.25, 0.3) is 0 Å². The first kappa shape index (κ1) is 14.2. The fraction of sp³-hybridized carbons (Fsp3) is 0.333. The molecule has 1 aliphatic heterocycles. The number of hydrogen-bond acceptors (Lipinski definition) is 4. The topological polar surface area (TPSA) is 54.0 Å². The highest BCUT2D eigenvalue weighted by molar-refractivity contribution is 5.85. The fourth-order valence-electron chi connectivity index (χ4n) is 3.14. The lowest BCUT2D eigenvalue weighted by Gasteiger charge is -2.31. The van der Waals surface area contributed by atoms with Crippen LogP contribution in [0.25, 0.3) is 10.9 Å². The summed E-state index contributed by atoms with van der Waals surface area (Å²) in [4.78, 5) is 14.2. The van der Waals surface area contributed by atoms with Gasteiger partial charge in [0.1, 0.15) is 17.7 Å². The van der Waals surface area contributed by atoms with Crippen molar-refractivity contribution in [3.63, 3.8) is 0 Å². The van der Waals surface area contributed by atoms with Crippen LogP contribution in [0.1, 0.15) is 18.7 Å². The molecule has 1 fully saturated rings. The zero-order valence-electron chi connectivity index (χ0n) is 13.0. The Hall–Kier alpha value is -2.40. The normalized spacial score (nSPS) is 16.7. The monoisotopic (exact) mass is 308 g/mol. The van der Waals surface area contributed by atoms with Crippen molar-refractivity contribution in [2.45, 2.75) is 25.5 Å². The van der Waals surface area contributed by atoms with E-state index in [1.807, 2.05) is 18.3 Å². The molecule has 5 heteroatoms. The summed E-state index contributed by atoms with van der Waals surface area (Å²) in [5.74, 6) is 1.87. The van der Waals surface area contributed by atoms with Crippen molar-refractivity contribution in [3.05, 3.63) is 54.7 Å². The molecule has 1 aliphatic rings. The van der Waals surface area contributed by atoms with Crippen LogP contribution in [-0.2, 0) is 6.54 Å². The molecule has 0 radical (unpaired) electrons. The predicted octanol–water partition coefficient (Wildman–Crippen LogP) is 3.00. The maximum absolute atomic E-state index is 6.25. The van der Waals surface area contributed by atoms with E-state index in [0.29, 0.717) is 0 Å². The summed E-state index contributed by atoms with van der Waals surface area (Å²) < 4.78 is 6.25. The summed E-state index contributed by atoms with van der Waals surface area (Å²) in [5, 5.41) is 1.16. The number of aromatic amines is 1. The van der Waals surface area contributed by atoms with Gasteiger partial charge in [-0.05, 0) is 37.1 Å². The van der Waals surface area contributed by atoms with Gasteiger partial charge in [-0.2, -0.15) is 0 Å². The number of H-pyrrole nitrogens is 1. The molecule has 3 aromatic rings. The molecule has 4 rings (SSSR count).